The van der Waals surface area contributed by atoms with Crippen molar-refractivity contribution in [3.8, 4) is 11.5 Å². The van der Waals surface area contributed by atoms with Crippen LogP contribution >= 0.6 is 15.9 Å². The number of nitrogens with one attached hydrogen (secondary N) is 1. The first-order chi connectivity index (χ1) is 14.9. The molecule has 3 aromatic rings. The molecule has 31 heavy (non-hydrogen) atoms. The van der Waals surface area contributed by atoms with Crippen molar-refractivity contribution in [1.82, 2.24) is 0 Å². The number of aryl methyl sites for hydroxylation is 3. The molecule has 0 bridgehead atoms. The smallest absolute Gasteiger partial charge is 0.265 e. The van der Waals surface area contributed by atoms with Gasteiger partial charge in [0.1, 0.15) is 11.5 Å². The van der Waals surface area contributed by atoms with Crippen LogP contribution in [0.25, 0.3) is 0 Å². The fraction of sp³-hybridized carbons (Fsp3) is 0.269. The molecule has 1 atom stereocenters. The zero-order valence-corrected chi connectivity index (χ0v) is 19.7. The maximum Gasteiger partial charge on any atom is 0.265 e. The van der Waals surface area contributed by atoms with E-state index in [9.17, 15) is 4.79 Å². The molecular weight excluding hydrogens is 454 g/mol. The van der Waals surface area contributed by atoms with E-state index in [1.165, 1.54) is 5.56 Å². The number of carbonyl (C=O) groups excluding carboxylic acids is 1. The van der Waals surface area contributed by atoms with Crippen LogP contribution in [0.15, 0.2) is 71.2 Å². The maximum atomic E-state index is 12.6. The average Bonchev–Trinajstić information content (AvgIpc) is 2.74. The highest BCUT2D eigenvalue weighted by Gasteiger charge is 2.17. The number of hydrogen-bond donors (Lipinski definition) is 1. The number of carbonyl (C=O) groups is 1. The summed E-state index contributed by atoms with van der Waals surface area (Å²) >= 11 is 3.48. The van der Waals surface area contributed by atoms with Gasteiger partial charge >= 0.3 is 0 Å². The molecule has 5 heteroatoms. The summed E-state index contributed by atoms with van der Waals surface area (Å²) in [6.07, 6.45) is 1.27. The standard InChI is InChI=1S/C26H28BrNO3/c1-18-15-22(27)16-19(2)25(18)31-20(3)26(29)28-23-12-7-13-24(17-23)30-14-8-11-21-9-5-4-6-10-21/h4-7,9-10,12-13,15-17,20H,8,11,14H2,1-3H3,(H,28,29). The van der Waals surface area contributed by atoms with Crippen LogP contribution in [-0.4, -0.2) is 18.6 Å². The van der Waals surface area contributed by atoms with E-state index in [4.69, 9.17) is 9.47 Å². The lowest BCUT2D eigenvalue weighted by Crippen LogP contribution is -2.30. The Labute approximate surface area is 192 Å². The number of halogens is 1. The molecule has 3 aromatic carbocycles. The van der Waals surface area contributed by atoms with Gasteiger partial charge in [-0.1, -0.05) is 52.3 Å². The average molecular weight is 482 g/mol. The lowest BCUT2D eigenvalue weighted by molar-refractivity contribution is -0.122. The van der Waals surface area contributed by atoms with E-state index < -0.39 is 6.10 Å². The van der Waals surface area contributed by atoms with Crippen molar-refractivity contribution in [3.05, 3.63) is 87.9 Å². The van der Waals surface area contributed by atoms with Crippen molar-refractivity contribution in [2.75, 3.05) is 11.9 Å². The van der Waals surface area contributed by atoms with Gasteiger partial charge in [-0.05, 0) is 74.6 Å². The van der Waals surface area contributed by atoms with E-state index in [1.807, 2.05) is 68.4 Å². The van der Waals surface area contributed by atoms with E-state index in [2.05, 4.69) is 33.4 Å². The highest BCUT2D eigenvalue weighted by atomic mass is 79.9. The molecule has 0 spiro atoms. The second kappa shape index (κ2) is 11.0. The molecule has 0 saturated heterocycles. The second-order valence-electron chi connectivity index (χ2n) is 7.58. The number of amides is 1. The van der Waals surface area contributed by atoms with Crippen molar-refractivity contribution in [1.29, 1.82) is 0 Å². The molecule has 0 heterocycles. The SMILES string of the molecule is Cc1cc(Br)cc(C)c1OC(C)C(=O)Nc1cccc(OCCCc2ccccc2)c1. The topological polar surface area (TPSA) is 47.6 Å². The van der Waals surface area contributed by atoms with Crippen molar-refractivity contribution in [2.24, 2.45) is 0 Å². The van der Waals surface area contributed by atoms with Gasteiger partial charge in [0.2, 0.25) is 0 Å². The van der Waals surface area contributed by atoms with E-state index in [0.717, 1.165) is 39.9 Å². The zero-order chi connectivity index (χ0) is 22.2. The third-order valence-electron chi connectivity index (χ3n) is 4.91. The quantitative estimate of drug-likeness (QED) is 0.355. The molecule has 3 rings (SSSR count). The Bertz CT molecular complexity index is 997. The molecule has 0 saturated carbocycles. The molecule has 0 aliphatic carbocycles. The van der Waals surface area contributed by atoms with Gasteiger partial charge in [0.15, 0.2) is 6.10 Å². The molecule has 0 fully saturated rings. The largest absolute Gasteiger partial charge is 0.494 e. The number of anilines is 1. The summed E-state index contributed by atoms with van der Waals surface area (Å²) in [4.78, 5) is 12.6. The van der Waals surface area contributed by atoms with Crippen LogP contribution in [0, 0.1) is 13.8 Å². The molecule has 0 aliphatic rings. The van der Waals surface area contributed by atoms with Crippen molar-refractivity contribution >= 4 is 27.5 Å². The van der Waals surface area contributed by atoms with Gasteiger partial charge in [0, 0.05) is 16.2 Å². The molecule has 1 N–H and O–H groups in total. The second-order valence-corrected chi connectivity index (χ2v) is 8.50. The van der Waals surface area contributed by atoms with E-state index in [1.54, 1.807) is 6.92 Å². The molecule has 0 aliphatic heterocycles. The van der Waals surface area contributed by atoms with Gasteiger partial charge in [-0.25, -0.2) is 0 Å². The van der Waals surface area contributed by atoms with Crippen molar-refractivity contribution in [2.45, 2.75) is 39.7 Å². The molecule has 162 valence electrons. The maximum absolute atomic E-state index is 12.6. The van der Waals surface area contributed by atoms with Gasteiger partial charge in [-0.3, -0.25) is 4.79 Å². The summed E-state index contributed by atoms with van der Waals surface area (Å²) in [5, 5.41) is 2.92. The van der Waals surface area contributed by atoms with Gasteiger partial charge in [-0.2, -0.15) is 0 Å². The third-order valence-corrected chi connectivity index (χ3v) is 5.37. The third kappa shape index (κ3) is 6.86. The molecular formula is C26H28BrNO3. The van der Waals surface area contributed by atoms with Gasteiger partial charge in [0.05, 0.1) is 6.61 Å². The summed E-state index contributed by atoms with van der Waals surface area (Å²) < 4.78 is 12.8. The summed E-state index contributed by atoms with van der Waals surface area (Å²) in [5.41, 5.74) is 3.96. The van der Waals surface area contributed by atoms with Crippen molar-refractivity contribution < 1.29 is 14.3 Å². The van der Waals surface area contributed by atoms with Crippen LogP contribution in [0.5, 0.6) is 11.5 Å². The van der Waals surface area contributed by atoms with Crippen LogP contribution in [0.4, 0.5) is 5.69 Å². The summed E-state index contributed by atoms with van der Waals surface area (Å²) in [7, 11) is 0. The Hall–Kier alpha value is -2.79. The lowest BCUT2D eigenvalue weighted by atomic mass is 10.1. The van der Waals surface area contributed by atoms with Crippen LogP contribution in [0.2, 0.25) is 0 Å². The molecule has 1 amide bonds. The van der Waals surface area contributed by atoms with Gasteiger partial charge in [0.25, 0.3) is 5.91 Å². The van der Waals surface area contributed by atoms with Gasteiger partial charge in [-0.15, -0.1) is 0 Å². The Morgan fingerprint density at radius 1 is 1.00 bits per heavy atom. The number of benzene rings is 3. The van der Waals surface area contributed by atoms with E-state index in [0.29, 0.717) is 12.3 Å². The predicted octanol–water partition coefficient (Wildman–Crippen LogP) is 6.48. The number of hydrogen-bond acceptors (Lipinski definition) is 3. The predicted molar refractivity (Wildman–Crippen MR) is 129 cm³/mol. The molecule has 1 unspecified atom stereocenters. The van der Waals surface area contributed by atoms with Crippen LogP contribution in [0.1, 0.15) is 30.0 Å². The minimum Gasteiger partial charge on any atom is -0.494 e. The first-order valence-electron chi connectivity index (χ1n) is 10.4. The summed E-state index contributed by atoms with van der Waals surface area (Å²) in [5.74, 6) is 1.27. The Balaban J connectivity index is 1.52. The molecule has 0 radical (unpaired) electrons. The highest BCUT2D eigenvalue weighted by Crippen LogP contribution is 2.28. The molecule has 4 nitrogen and oxygen atoms in total. The summed E-state index contributed by atoms with van der Waals surface area (Å²) in [6.45, 7) is 6.31. The van der Waals surface area contributed by atoms with Crippen molar-refractivity contribution in [3.63, 3.8) is 0 Å². The normalized spacial score (nSPS) is 11.6. The summed E-state index contributed by atoms with van der Waals surface area (Å²) in [6, 6.07) is 21.8. The minimum absolute atomic E-state index is 0.206. The monoisotopic (exact) mass is 481 g/mol. The first-order valence-corrected chi connectivity index (χ1v) is 11.2. The van der Waals surface area contributed by atoms with Gasteiger partial charge < -0.3 is 14.8 Å². The first kappa shape index (κ1) is 22.9. The Morgan fingerprint density at radius 2 is 1.71 bits per heavy atom. The minimum atomic E-state index is -0.631. The Morgan fingerprint density at radius 3 is 2.42 bits per heavy atom. The number of ether oxygens (including phenoxy) is 2. The van der Waals surface area contributed by atoms with E-state index >= 15 is 0 Å². The van der Waals surface area contributed by atoms with Crippen LogP contribution in [0.3, 0.4) is 0 Å². The van der Waals surface area contributed by atoms with E-state index in [-0.39, 0.29) is 5.91 Å². The van der Waals surface area contributed by atoms with Crippen LogP contribution < -0.4 is 14.8 Å². The Kier molecular flexibility index (Phi) is 8.13. The fourth-order valence-electron chi connectivity index (χ4n) is 3.33. The fourth-order valence-corrected chi connectivity index (χ4v) is 4.02. The lowest BCUT2D eigenvalue weighted by Gasteiger charge is -2.18. The number of rotatable bonds is 9. The molecule has 0 aromatic heterocycles. The highest BCUT2D eigenvalue weighted by molar-refractivity contribution is 9.10. The zero-order valence-electron chi connectivity index (χ0n) is 18.2. The van der Waals surface area contributed by atoms with Crippen LogP contribution in [-0.2, 0) is 11.2 Å².